The molecule has 0 spiro atoms. The van der Waals surface area contributed by atoms with Gasteiger partial charge in [0.15, 0.2) is 5.13 Å². The fourth-order valence-corrected chi connectivity index (χ4v) is 4.22. The van der Waals surface area contributed by atoms with E-state index in [0.29, 0.717) is 5.13 Å². The number of carbonyl (C=O) groups excluding carboxylic acids is 1. The Morgan fingerprint density at radius 1 is 1.04 bits per heavy atom. The van der Waals surface area contributed by atoms with Crippen molar-refractivity contribution in [1.82, 2.24) is 4.98 Å². The van der Waals surface area contributed by atoms with Crippen molar-refractivity contribution in [2.75, 3.05) is 5.32 Å². The lowest BCUT2D eigenvalue weighted by Gasteiger charge is -2.16. The van der Waals surface area contributed by atoms with Gasteiger partial charge in [0, 0.05) is 5.56 Å². The van der Waals surface area contributed by atoms with E-state index in [4.69, 9.17) is 0 Å². The van der Waals surface area contributed by atoms with Crippen LogP contribution >= 0.6 is 11.3 Å². The van der Waals surface area contributed by atoms with Crippen LogP contribution in [0.4, 0.5) is 5.13 Å². The molecule has 1 N–H and O–H groups in total. The van der Waals surface area contributed by atoms with Crippen molar-refractivity contribution >= 4 is 32.6 Å². The zero-order valence-electron chi connectivity index (χ0n) is 14.0. The summed E-state index contributed by atoms with van der Waals surface area (Å²) in [4.78, 5) is 17.1. The molecular formula is C20H20N2OS. The molecule has 122 valence electrons. The van der Waals surface area contributed by atoms with Crippen LogP contribution in [0.5, 0.6) is 0 Å². The first-order valence-corrected chi connectivity index (χ1v) is 9.23. The van der Waals surface area contributed by atoms with Gasteiger partial charge >= 0.3 is 0 Å². The SMILES string of the molecule is Cc1cc2nc(NC(=O)c3ccc4c(c3)CCCC4)sc2cc1C. The molecule has 1 aliphatic rings. The predicted molar refractivity (Wildman–Crippen MR) is 100 cm³/mol. The highest BCUT2D eigenvalue weighted by molar-refractivity contribution is 7.22. The third-order valence-electron chi connectivity index (χ3n) is 4.84. The number of amides is 1. The van der Waals surface area contributed by atoms with E-state index in [2.05, 4.69) is 42.3 Å². The van der Waals surface area contributed by atoms with E-state index >= 15 is 0 Å². The molecule has 1 aliphatic carbocycles. The Kier molecular flexibility index (Phi) is 3.85. The van der Waals surface area contributed by atoms with Crippen LogP contribution in [0.2, 0.25) is 0 Å². The van der Waals surface area contributed by atoms with Crippen LogP contribution in [0.25, 0.3) is 10.2 Å². The highest BCUT2D eigenvalue weighted by atomic mass is 32.1. The van der Waals surface area contributed by atoms with Crippen LogP contribution in [0.1, 0.15) is 45.5 Å². The second-order valence-electron chi connectivity index (χ2n) is 6.57. The molecule has 4 heteroatoms. The Morgan fingerprint density at radius 2 is 1.79 bits per heavy atom. The van der Waals surface area contributed by atoms with Crippen molar-refractivity contribution in [2.45, 2.75) is 39.5 Å². The molecule has 0 fully saturated rings. The quantitative estimate of drug-likeness (QED) is 0.712. The lowest BCUT2D eigenvalue weighted by Crippen LogP contribution is -2.13. The van der Waals surface area contributed by atoms with Gasteiger partial charge in [-0.05, 0) is 86.1 Å². The minimum absolute atomic E-state index is 0.0733. The fraction of sp³-hybridized carbons (Fsp3) is 0.300. The number of hydrogen-bond donors (Lipinski definition) is 1. The number of nitrogens with zero attached hydrogens (tertiary/aromatic N) is 1. The molecule has 0 saturated carbocycles. The molecule has 2 aromatic carbocycles. The van der Waals surface area contributed by atoms with E-state index < -0.39 is 0 Å². The number of aryl methyl sites for hydroxylation is 4. The maximum absolute atomic E-state index is 12.6. The van der Waals surface area contributed by atoms with E-state index in [9.17, 15) is 4.79 Å². The van der Waals surface area contributed by atoms with Crippen molar-refractivity contribution in [3.05, 3.63) is 58.1 Å². The Bertz CT molecular complexity index is 903. The molecule has 1 amide bonds. The number of benzene rings is 2. The van der Waals surface area contributed by atoms with E-state index in [1.54, 1.807) is 0 Å². The first kappa shape index (κ1) is 15.3. The predicted octanol–water partition coefficient (Wildman–Crippen LogP) is 5.04. The zero-order chi connectivity index (χ0) is 16.7. The molecule has 0 aliphatic heterocycles. The summed E-state index contributed by atoms with van der Waals surface area (Å²) in [7, 11) is 0. The van der Waals surface area contributed by atoms with Gasteiger partial charge in [0.2, 0.25) is 0 Å². The third-order valence-corrected chi connectivity index (χ3v) is 5.77. The Morgan fingerprint density at radius 3 is 2.62 bits per heavy atom. The van der Waals surface area contributed by atoms with Gasteiger partial charge in [0.25, 0.3) is 5.91 Å². The van der Waals surface area contributed by atoms with Crippen LogP contribution in [-0.2, 0) is 12.8 Å². The van der Waals surface area contributed by atoms with E-state index in [-0.39, 0.29) is 5.91 Å². The Labute approximate surface area is 145 Å². The summed E-state index contributed by atoms with van der Waals surface area (Å²) in [5.74, 6) is -0.0733. The minimum Gasteiger partial charge on any atom is -0.298 e. The number of carbonyl (C=O) groups is 1. The number of hydrogen-bond acceptors (Lipinski definition) is 3. The molecule has 4 rings (SSSR count). The van der Waals surface area contributed by atoms with Gasteiger partial charge < -0.3 is 0 Å². The molecule has 0 bridgehead atoms. The van der Waals surface area contributed by atoms with Gasteiger partial charge in [-0.2, -0.15) is 0 Å². The maximum Gasteiger partial charge on any atom is 0.257 e. The summed E-state index contributed by atoms with van der Waals surface area (Å²) in [6.07, 6.45) is 4.68. The highest BCUT2D eigenvalue weighted by Gasteiger charge is 2.14. The number of thiazole rings is 1. The molecule has 1 heterocycles. The molecule has 0 saturated heterocycles. The number of aromatic nitrogens is 1. The van der Waals surface area contributed by atoms with Crippen LogP contribution in [0.3, 0.4) is 0 Å². The van der Waals surface area contributed by atoms with Crippen LogP contribution < -0.4 is 5.32 Å². The monoisotopic (exact) mass is 336 g/mol. The van der Waals surface area contributed by atoms with Gasteiger partial charge in [-0.1, -0.05) is 17.4 Å². The van der Waals surface area contributed by atoms with Crippen LogP contribution in [0, 0.1) is 13.8 Å². The van der Waals surface area contributed by atoms with Crippen LogP contribution in [-0.4, -0.2) is 10.9 Å². The molecule has 0 atom stereocenters. The average Bonchev–Trinajstić information content (AvgIpc) is 2.95. The first-order chi connectivity index (χ1) is 11.6. The van der Waals surface area contributed by atoms with Gasteiger partial charge in [-0.15, -0.1) is 0 Å². The largest absolute Gasteiger partial charge is 0.298 e. The fourth-order valence-electron chi connectivity index (χ4n) is 3.28. The first-order valence-electron chi connectivity index (χ1n) is 8.41. The average molecular weight is 336 g/mol. The lowest BCUT2D eigenvalue weighted by atomic mass is 9.90. The maximum atomic E-state index is 12.6. The molecule has 0 radical (unpaired) electrons. The number of rotatable bonds is 2. The summed E-state index contributed by atoms with van der Waals surface area (Å²) in [5, 5.41) is 3.63. The summed E-state index contributed by atoms with van der Waals surface area (Å²) < 4.78 is 1.11. The van der Waals surface area contributed by atoms with Crippen molar-refractivity contribution in [3.8, 4) is 0 Å². The van der Waals surface area contributed by atoms with Crippen molar-refractivity contribution < 1.29 is 4.79 Å². The molecule has 3 nitrogen and oxygen atoms in total. The summed E-state index contributed by atoms with van der Waals surface area (Å²) in [6, 6.07) is 10.3. The topological polar surface area (TPSA) is 42.0 Å². The van der Waals surface area contributed by atoms with Gasteiger partial charge in [0.1, 0.15) is 0 Å². The van der Waals surface area contributed by atoms with Crippen molar-refractivity contribution in [2.24, 2.45) is 0 Å². The van der Waals surface area contributed by atoms with E-state index in [1.807, 2.05) is 12.1 Å². The molecule has 0 unspecified atom stereocenters. The van der Waals surface area contributed by atoms with Crippen LogP contribution in [0.15, 0.2) is 30.3 Å². The minimum atomic E-state index is -0.0733. The molecule has 1 aromatic heterocycles. The van der Waals surface area contributed by atoms with E-state index in [1.165, 1.54) is 46.4 Å². The molecule has 24 heavy (non-hydrogen) atoms. The third kappa shape index (κ3) is 2.82. The summed E-state index contributed by atoms with van der Waals surface area (Å²) in [6.45, 7) is 4.18. The summed E-state index contributed by atoms with van der Waals surface area (Å²) >= 11 is 1.53. The Hall–Kier alpha value is -2.20. The lowest BCUT2D eigenvalue weighted by molar-refractivity contribution is 0.102. The standard InChI is InChI=1S/C20H20N2OS/c1-12-9-17-18(10-13(12)2)24-20(21-17)22-19(23)16-8-7-14-5-3-4-6-15(14)11-16/h7-11H,3-6H2,1-2H3,(H,21,22,23). The smallest absolute Gasteiger partial charge is 0.257 e. The van der Waals surface area contributed by atoms with Gasteiger partial charge in [-0.3, -0.25) is 10.1 Å². The van der Waals surface area contributed by atoms with E-state index in [0.717, 1.165) is 28.6 Å². The second kappa shape index (κ2) is 6.02. The number of anilines is 1. The number of nitrogens with one attached hydrogen (secondary N) is 1. The van der Waals surface area contributed by atoms with Gasteiger partial charge in [0.05, 0.1) is 10.2 Å². The molecule has 3 aromatic rings. The number of fused-ring (bicyclic) bond motifs is 2. The van der Waals surface area contributed by atoms with Crippen molar-refractivity contribution in [1.29, 1.82) is 0 Å². The highest BCUT2D eigenvalue weighted by Crippen LogP contribution is 2.29. The molecular weight excluding hydrogens is 316 g/mol. The normalized spacial score (nSPS) is 13.8. The zero-order valence-corrected chi connectivity index (χ0v) is 14.8. The Balaban J connectivity index is 1.59. The second-order valence-corrected chi connectivity index (χ2v) is 7.60. The summed E-state index contributed by atoms with van der Waals surface area (Å²) in [5.41, 5.74) is 6.86. The van der Waals surface area contributed by atoms with Crippen molar-refractivity contribution in [3.63, 3.8) is 0 Å². The van der Waals surface area contributed by atoms with Gasteiger partial charge in [-0.25, -0.2) is 4.98 Å².